The van der Waals surface area contributed by atoms with Gasteiger partial charge in [0.2, 0.25) is 0 Å². The maximum atomic E-state index is 10.8. The topological polar surface area (TPSA) is 104 Å². The Hall–Kier alpha value is -4.68. The summed E-state index contributed by atoms with van der Waals surface area (Å²) in [5.74, 6) is 0. The summed E-state index contributed by atoms with van der Waals surface area (Å²) < 4.78 is 1.98. The van der Waals surface area contributed by atoms with Gasteiger partial charge in [-0.3, -0.25) is 9.59 Å². The summed E-state index contributed by atoms with van der Waals surface area (Å²) in [7, 11) is -1.49. The van der Waals surface area contributed by atoms with E-state index in [4.69, 9.17) is 28.3 Å². The Morgan fingerprint density at radius 1 is 0.646 bits per heavy atom. The summed E-state index contributed by atoms with van der Waals surface area (Å²) in [6, 6.07) is 30.8. The smallest absolute Gasteiger partial charge is 0.423 e. The highest BCUT2D eigenvalue weighted by Gasteiger charge is 2.09. The number of aldehydes is 2. The van der Waals surface area contributed by atoms with E-state index in [0.29, 0.717) is 28.0 Å². The van der Waals surface area contributed by atoms with Gasteiger partial charge in [0.15, 0.2) is 11.4 Å². The van der Waals surface area contributed by atoms with Gasteiger partial charge in [-0.15, -0.1) is 0 Å². The molecule has 5 aromatic carbocycles. The molecule has 7 nitrogen and oxygen atoms in total. The third-order valence-electron chi connectivity index (χ3n) is 6.33. The Morgan fingerprint density at radius 3 is 1.69 bits per heavy atom. The molecule has 0 unspecified atom stereocenters. The van der Waals surface area contributed by atoms with Crippen LogP contribution in [-0.4, -0.2) is 34.8 Å². The second-order valence-corrected chi connectivity index (χ2v) is 12.3. The molecule has 10 heteroatoms. The Kier molecular flexibility index (Phi) is 16.9. The van der Waals surface area contributed by atoms with Crippen molar-refractivity contribution in [2.75, 3.05) is 0 Å². The highest BCUT2D eigenvalue weighted by atomic mass is 79.9. The molecule has 0 heterocycles. The molecule has 5 rings (SSSR count). The number of rotatable bonds is 5. The molecule has 0 aliphatic heterocycles. The first kappa shape index (κ1) is 39.5. The minimum Gasteiger partial charge on any atom is -0.423 e. The molecule has 0 aromatic heterocycles. The van der Waals surface area contributed by atoms with Crippen LogP contribution >= 0.6 is 31.9 Å². The number of aliphatic hydroxyl groups excluding tert-OH is 1. The van der Waals surface area contributed by atoms with Crippen LogP contribution in [0.15, 0.2) is 112 Å². The van der Waals surface area contributed by atoms with Crippen molar-refractivity contribution in [3.63, 3.8) is 0 Å². The van der Waals surface area contributed by atoms with E-state index in [-0.39, 0.29) is 6.61 Å². The fourth-order valence-electron chi connectivity index (χ4n) is 4.29. The van der Waals surface area contributed by atoms with Crippen LogP contribution in [0.25, 0.3) is 20.8 Å². The number of nitrogens with zero attached hydrogens (tertiary/aromatic N) is 2. The van der Waals surface area contributed by atoms with Gasteiger partial charge in [0.1, 0.15) is 12.6 Å². The van der Waals surface area contributed by atoms with E-state index in [1.807, 2.05) is 87.5 Å². The molecule has 5 aromatic rings. The molecule has 48 heavy (non-hydrogen) atoms. The zero-order valence-corrected chi connectivity index (χ0v) is 29.7. The number of benzene rings is 5. The molecule has 0 bridgehead atoms. The quantitative estimate of drug-likeness (QED) is 0.0943. The number of halogens is 2. The van der Waals surface area contributed by atoms with Gasteiger partial charge >= 0.3 is 7.12 Å². The van der Waals surface area contributed by atoms with Crippen molar-refractivity contribution < 1.29 is 24.7 Å². The molecule has 0 radical (unpaired) electrons. The minimum atomic E-state index is -1.49. The van der Waals surface area contributed by atoms with Gasteiger partial charge in [-0.05, 0) is 108 Å². The monoisotopic (exact) mass is 766 g/mol. The van der Waals surface area contributed by atoms with Gasteiger partial charge in [0, 0.05) is 20.1 Å². The van der Waals surface area contributed by atoms with Crippen molar-refractivity contribution in [1.29, 1.82) is 0 Å². The Labute approximate surface area is 298 Å². The number of aliphatic hydroxyl groups is 1. The molecule has 0 amide bonds. The predicted octanol–water partition coefficient (Wildman–Crippen LogP) is 8.76. The second-order valence-electron chi connectivity index (χ2n) is 10.5. The third kappa shape index (κ3) is 14.0. The average molecular weight is 768 g/mol. The summed E-state index contributed by atoms with van der Waals surface area (Å²) in [4.78, 5) is 27.7. The largest absolute Gasteiger partial charge is 0.487 e. The van der Waals surface area contributed by atoms with Crippen LogP contribution in [0.2, 0.25) is 0 Å². The van der Waals surface area contributed by atoms with Crippen molar-refractivity contribution in [2.24, 2.45) is 0 Å². The highest BCUT2D eigenvalue weighted by molar-refractivity contribution is 9.10. The van der Waals surface area contributed by atoms with E-state index in [2.05, 4.69) is 41.5 Å². The van der Waals surface area contributed by atoms with Crippen molar-refractivity contribution in [3.8, 4) is 11.1 Å². The van der Waals surface area contributed by atoms with E-state index >= 15 is 0 Å². The Morgan fingerprint density at radius 2 is 1.17 bits per heavy atom. The van der Waals surface area contributed by atoms with E-state index < -0.39 is 7.12 Å². The Balaban J connectivity index is 0.000000229. The van der Waals surface area contributed by atoms with Gasteiger partial charge in [-0.1, -0.05) is 86.5 Å². The molecule has 3 N–H and O–H groups in total. The molecule has 0 fully saturated rings. The molecule has 0 atom stereocenters. The number of hydrogen-bond acceptors (Lipinski definition) is 5. The molecular weight excluding hydrogens is 735 g/mol. The molecule has 0 spiro atoms. The number of carbonyl (C=O) groups is 2. The first-order chi connectivity index (χ1) is 22.9. The maximum absolute atomic E-state index is 10.8. The van der Waals surface area contributed by atoms with Crippen LogP contribution in [0.4, 0.5) is 11.4 Å². The fourth-order valence-corrected chi connectivity index (χ4v) is 5.57. The zero-order chi connectivity index (χ0) is 35.6. The van der Waals surface area contributed by atoms with Gasteiger partial charge in [0.05, 0.1) is 19.8 Å². The van der Waals surface area contributed by atoms with Crippen LogP contribution in [0.3, 0.4) is 0 Å². The normalized spacial score (nSPS) is 9.46. The Bertz CT molecular complexity index is 1890. The minimum absolute atomic E-state index is 0.111. The molecule has 0 saturated heterocycles. The maximum Gasteiger partial charge on any atom is 0.487 e. The lowest BCUT2D eigenvalue weighted by Crippen LogP contribution is -2.29. The molecule has 242 valence electrons. The van der Waals surface area contributed by atoms with Gasteiger partial charge in [-0.2, -0.15) is 0 Å². The lowest BCUT2D eigenvalue weighted by molar-refractivity contribution is 0.111. The van der Waals surface area contributed by atoms with Gasteiger partial charge < -0.3 is 15.2 Å². The van der Waals surface area contributed by atoms with Crippen molar-refractivity contribution >= 4 is 68.4 Å². The van der Waals surface area contributed by atoms with Crippen molar-refractivity contribution in [2.45, 2.75) is 27.4 Å². The SMILES string of the molecule is Cc1cc(Br)cc(C=O)c1.Cc1cc(Br)cc(CO)c1.[C-]#[N+]c1cccc(-c2cc(C)cc(C=O)c2)c1.[C-]#[N+]c1cccc(B(O)O)c1. The van der Waals surface area contributed by atoms with E-state index in [1.165, 1.54) is 11.6 Å². The molecule has 0 aliphatic carbocycles. The first-order valence-electron chi connectivity index (χ1n) is 14.4. The lowest BCUT2D eigenvalue weighted by Gasteiger charge is -2.05. The van der Waals surface area contributed by atoms with Crippen LogP contribution < -0.4 is 5.46 Å². The predicted molar refractivity (Wildman–Crippen MR) is 200 cm³/mol. The third-order valence-corrected chi connectivity index (χ3v) is 7.24. The number of hydrogen-bond donors (Lipinski definition) is 3. The summed E-state index contributed by atoms with van der Waals surface area (Å²) in [6.45, 7) is 19.7. The summed E-state index contributed by atoms with van der Waals surface area (Å²) in [5.41, 5.74) is 8.92. The van der Waals surface area contributed by atoms with Gasteiger partial charge in [-0.25, -0.2) is 9.69 Å². The van der Waals surface area contributed by atoms with E-state index in [1.54, 1.807) is 30.3 Å². The number of aryl methyl sites for hydroxylation is 3. The first-order valence-corrected chi connectivity index (χ1v) is 16.0. The van der Waals surface area contributed by atoms with Crippen LogP contribution in [0.1, 0.15) is 43.0 Å². The van der Waals surface area contributed by atoms with Crippen molar-refractivity contribution in [1.82, 2.24) is 0 Å². The molecule has 0 aliphatic rings. The summed E-state index contributed by atoms with van der Waals surface area (Å²) >= 11 is 6.64. The fraction of sp³-hybridized carbons (Fsp3) is 0.105. The van der Waals surface area contributed by atoms with Crippen molar-refractivity contribution in [3.05, 3.63) is 168 Å². The van der Waals surface area contributed by atoms with Crippen LogP contribution in [0.5, 0.6) is 0 Å². The highest BCUT2D eigenvalue weighted by Crippen LogP contribution is 2.26. The van der Waals surface area contributed by atoms with E-state index in [9.17, 15) is 9.59 Å². The molecular formula is C38H33BBr2N2O5. The standard InChI is InChI=1S/C15H11NO.C8H9BrO.C8H7BrO.C7H6BNO2/c1-11-6-12(10-17)8-14(7-11)13-4-3-5-15(9-13)16-2;2*1-6-2-7(5-10)4-8(9)3-6;1-9-7-4-2-3-6(5-7)8(10)11/h3-10H,1H3;2-4,10H,5H2,1H3;2-5H,1H3;2-5,10-11H. The number of carbonyl (C=O) groups excluding carboxylic acids is 2. The van der Waals surface area contributed by atoms with Crippen LogP contribution in [-0.2, 0) is 6.61 Å². The summed E-state index contributed by atoms with van der Waals surface area (Å²) in [6.07, 6.45) is 1.69. The molecule has 0 saturated carbocycles. The zero-order valence-electron chi connectivity index (χ0n) is 26.6. The van der Waals surface area contributed by atoms with Crippen LogP contribution in [0, 0.1) is 33.9 Å². The van der Waals surface area contributed by atoms with E-state index in [0.717, 1.165) is 49.3 Å². The second kappa shape index (κ2) is 20.5. The average Bonchev–Trinajstić information content (AvgIpc) is 3.08. The summed E-state index contributed by atoms with van der Waals surface area (Å²) in [5, 5.41) is 26.2. The lowest BCUT2D eigenvalue weighted by atomic mass is 9.80. The van der Waals surface area contributed by atoms with Gasteiger partial charge in [0.25, 0.3) is 0 Å².